The molecule has 1 N–H and O–H groups in total. The summed E-state index contributed by atoms with van der Waals surface area (Å²) in [6, 6.07) is 15.0. The van der Waals surface area contributed by atoms with Crippen LogP contribution in [0.4, 0.5) is 8.78 Å². The first-order valence-corrected chi connectivity index (χ1v) is 10.8. The molecule has 0 spiro atoms. The van der Waals surface area contributed by atoms with Crippen LogP contribution in [0.1, 0.15) is 29.0 Å². The van der Waals surface area contributed by atoms with Crippen molar-refractivity contribution >= 4 is 11.8 Å². The van der Waals surface area contributed by atoms with Crippen LogP contribution in [0, 0.1) is 11.6 Å². The third-order valence-electron chi connectivity index (χ3n) is 5.57. The molecule has 0 saturated carbocycles. The Kier molecular flexibility index (Phi) is 7.02. The molecule has 1 saturated heterocycles. The third kappa shape index (κ3) is 5.77. The smallest absolute Gasteiger partial charge is 0.287 e. The van der Waals surface area contributed by atoms with Gasteiger partial charge in [0.1, 0.15) is 18.0 Å². The van der Waals surface area contributed by atoms with E-state index in [1.54, 1.807) is 11.0 Å². The fourth-order valence-corrected chi connectivity index (χ4v) is 3.85. The van der Waals surface area contributed by atoms with Gasteiger partial charge in [-0.25, -0.2) is 8.78 Å². The predicted octanol–water partition coefficient (Wildman–Crippen LogP) is 3.97. The van der Waals surface area contributed by atoms with E-state index in [9.17, 15) is 18.4 Å². The standard InChI is InChI=1S/C25H24F2N2O4/c26-18-8-9-22(20(27)16-18)33-19-10-12-29(13-11-19)25(31)21(15-17-5-2-1-3-6-17)28-24(30)23-7-4-14-32-23/h1-9,14,16,19,21H,10-13,15H2,(H,28,30). The van der Waals surface area contributed by atoms with Gasteiger partial charge >= 0.3 is 0 Å². The first-order chi connectivity index (χ1) is 16.0. The van der Waals surface area contributed by atoms with Crippen molar-refractivity contribution < 1.29 is 27.5 Å². The third-order valence-corrected chi connectivity index (χ3v) is 5.57. The number of amides is 2. The zero-order chi connectivity index (χ0) is 23.2. The van der Waals surface area contributed by atoms with Gasteiger partial charge in [-0.1, -0.05) is 30.3 Å². The lowest BCUT2D eigenvalue weighted by Gasteiger charge is -2.34. The molecule has 2 heterocycles. The number of benzene rings is 2. The van der Waals surface area contributed by atoms with Crippen molar-refractivity contribution in [2.75, 3.05) is 13.1 Å². The molecule has 1 unspecified atom stereocenters. The van der Waals surface area contributed by atoms with Gasteiger partial charge in [-0.15, -0.1) is 0 Å². The second-order valence-electron chi connectivity index (χ2n) is 7.91. The normalized spacial score (nSPS) is 15.2. The van der Waals surface area contributed by atoms with E-state index in [2.05, 4.69) is 5.32 Å². The van der Waals surface area contributed by atoms with Crippen LogP contribution in [-0.4, -0.2) is 41.9 Å². The number of nitrogens with zero attached hydrogens (tertiary/aromatic N) is 1. The molecule has 1 aliphatic rings. The maximum Gasteiger partial charge on any atom is 0.287 e. The van der Waals surface area contributed by atoms with Gasteiger partial charge in [0.25, 0.3) is 5.91 Å². The molecule has 1 fully saturated rings. The zero-order valence-corrected chi connectivity index (χ0v) is 17.9. The van der Waals surface area contributed by atoms with Gasteiger partial charge in [0.05, 0.1) is 6.26 Å². The number of likely N-dealkylation sites (tertiary alicyclic amines) is 1. The first-order valence-electron chi connectivity index (χ1n) is 10.8. The average Bonchev–Trinajstić information content (AvgIpc) is 3.36. The molecule has 33 heavy (non-hydrogen) atoms. The summed E-state index contributed by atoms with van der Waals surface area (Å²) >= 11 is 0. The lowest BCUT2D eigenvalue weighted by atomic mass is 10.0. The Bertz CT molecular complexity index is 1080. The van der Waals surface area contributed by atoms with Crippen molar-refractivity contribution in [3.05, 3.63) is 89.9 Å². The van der Waals surface area contributed by atoms with Crippen LogP contribution < -0.4 is 10.1 Å². The summed E-state index contributed by atoms with van der Waals surface area (Å²) in [5.74, 6) is -1.95. The minimum Gasteiger partial charge on any atom is -0.487 e. The van der Waals surface area contributed by atoms with E-state index in [0.29, 0.717) is 32.4 Å². The van der Waals surface area contributed by atoms with Gasteiger partial charge in [-0.3, -0.25) is 9.59 Å². The molecule has 1 atom stereocenters. The number of nitrogens with one attached hydrogen (secondary N) is 1. The molecule has 6 nitrogen and oxygen atoms in total. The largest absolute Gasteiger partial charge is 0.487 e. The Labute approximate surface area is 190 Å². The fraction of sp³-hybridized carbons (Fsp3) is 0.280. The number of hydrogen-bond acceptors (Lipinski definition) is 4. The number of carbonyl (C=O) groups is 2. The molecule has 2 aromatic carbocycles. The van der Waals surface area contributed by atoms with Gasteiger partial charge in [-0.2, -0.15) is 0 Å². The highest BCUT2D eigenvalue weighted by atomic mass is 19.1. The zero-order valence-electron chi connectivity index (χ0n) is 17.9. The fourth-order valence-electron chi connectivity index (χ4n) is 3.85. The summed E-state index contributed by atoms with van der Waals surface area (Å²) in [5, 5.41) is 2.79. The molecular weight excluding hydrogens is 430 g/mol. The van der Waals surface area contributed by atoms with Gasteiger partial charge < -0.3 is 19.4 Å². The summed E-state index contributed by atoms with van der Waals surface area (Å²) in [5.41, 5.74) is 0.917. The van der Waals surface area contributed by atoms with Gasteiger partial charge in [0.2, 0.25) is 5.91 Å². The quantitative estimate of drug-likeness (QED) is 0.587. The highest BCUT2D eigenvalue weighted by Gasteiger charge is 2.31. The van der Waals surface area contributed by atoms with E-state index in [4.69, 9.17) is 9.15 Å². The van der Waals surface area contributed by atoms with Crippen molar-refractivity contribution in [2.24, 2.45) is 0 Å². The Hall–Kier alpha value is -3.68. The Balaban J connectivity index is 1.40. The number of rotatable bonds is 7. The van der Waals surface area contributed by atoms with Crippen LogP contribution in [0.25, 0.3) is 0 Å². The number of hydrogen-bond donors (Lipinski definition) is 1. The number of piperidine rings is 1. The summed E-state index contributed by atoms with van der Waals surface area (Å²) in [4.78, 5) is 27.5. The molecule has 0 radical (unpaired) electrons. The first kappa shape index (κ1) is 22.5. The van der Waals surface area contributed by atoms with Crippen LogP contribution in [0.3, 0.4) is 0 Å². The molecule has 4 rings (SSSR count). The Morgan fingerprint density at radius 1 is 1.06 bits per heavy atom. The molecular formula is C25H24F2N2O4. The van der Waals surface area contributed by atoms with E-state index < -0.39 is 23.6 Å². The molecule has 0 bridgehead atoms. The highest BCUT2D eigenvalue weighted by Crippen LogP contribution is 2.23. The monoisotopic (exact) mass is 454 g/mol. The molecule has 0 aliphatic carbocycles. The highest BCUT2D eigenvalue weighted by molar-refractivity contribution is 5.95. The number of ether oxygens (including phenoxy) is 1. The van der Waals surface area contributed by atoms with E-state index in [1.165, 1.54) is 18.4 Å². The van der Waals surface area contributed by atoms with E-state index in [-0.39, 0.29) is 23.5 Å². The Morgan fingerprint density at radius 3 is 2.48 bits per heavy atom. The van der Waals surface area contributed by atoms with Crippen molar-refractivity contribution in [3.8, 4) is 5.75 Å². The van der Waals surface area contributed by atoms with E-state index in [0.717, 1.165) is 17.7 Å². The minimum absolute atomic E-state index is 0.00570. The number of carbonyl (C=O) groups excluding carboxylic acids is 2. The van der Waals surface area contributed by atoms with E-state index >= 15 is 0 Å². The lowest BCUT2D eigenvalue weighted by Crippen LogP contribution is -2.52. The van der Waals surface area contributed by atoms with Crippen molar-refractivity contribution in [2.45, 2.75) is 31.4 Å². The van der Waals surface area contributed by atoms with Gasteiger partial charge in [0.15, 0.2) is 17.3 Å². The predicted molar refractivity (Wildman–Crippen MR) is 117 cm³/mol. The van der Waals surface area contributed by atoms with Crippen LogP contribution in [0.15, 0.2) is 71.3 Å². The van der Waals surface area contributed by atoms with Crippen LogP contribution in [-0.2, 0) is 11.2 Å². The maximum atomic E-state index is 13.9. The minimum atomic E-state index is -0.767. The van der Waals surface area contributed by atoms with Crippen LogP contribution in [0.2, 0.25) is 0 Å². The second-order valence-corrected chi connectivity index (χ2v) is 7.91. The molecule has 1 aliphatic heterocycles. The maximum absolute atomic E-state index is 13.9. The van der Waals surface area contributed by atoms with Crippen LogP contribution >= 0.6 is 0 Å². The molecule has 3 aromatic rings. The van der Waals surface area contributed by atoms with Crippen molar-refractivity contribution in [1.82, 2.24) is 10.2 Å². The summed E-state index contributed by atoms with van der Waals surface area (Å²) in [6.07, 6.45) is 2.43. The molecule has 8 heteroatoms. The number of halogens is 2. The average molecular weight is 454 g/mol. The topological polar surface area (TPSA) is 71.8 Å². The SMILES string of the molecule is O=C(NC(Cc1ccccc1)C(=O)N1CCC(Oc2ccc(F)cc2F)CC1)c1ccco1. The summed E-state index contributed by atoms with van der Waals surface area (Å²) < 4.78 is 37.8. The summed E-state index contributed by atoms with van der Waals surface area (Å²) in [7, 11) is 0. The Morgan fingerprint density at radius 2 is 1.82 bits per heavy atom. The van der Waals surface area contributed by atoms with Gasteiger partial charge in [-0.05, 0) is 29.8 Å². The van der Waals surface area contributed by atoms with Gasteiger partial charge in [0, 0.05) is 38.4 Å². The van der Waals surface area contributed by atoms with Crippen molar-refractivity contribution in [1.29, 1.82) is 0 Å². The van der Waals surface area contributed by atoms with E-state index in [1.807, 2.05) is 30.3 Å². The lowest BCUT2D eigenvalue weighted by molar-refractivity contribution is -0.135. The van der Waals surface area contributed by atoms with Crippen LogP contribution in [0.5, 0.6) is 5.75 Å². The molecule has 2 amide bonds. The summed E-state index contributed by atoms with van der Waals surface area (Å²) in [6.45, 7) is 0.794. The molecule has 1 aromatic heterocycles. The second kappa shape index (κ2) is 10.3. The number of furan rings is 1. The van der Waals surface area contributed by atoms with Crippen molar-refractivity contribution in [3.63, 3.8) is 0 Å². The molecule has 172 valence electrons.